The zero-order chi connectivity index (χ0) is 19.7. The Hall–Kier alpha value is -2.63. The summed E-state index contributed by atoms with van der Waals surface area (Å²) < 4.78 is 63.6. The predicted molar refractivity (Wildman–Crippen MR) is 89.4 cm³/mol. The van der Waals surface area contributed by atoms with Crippen molar-refractivity contribution in [2.45, 2.75) is 30.8 Å². The third kappa shape index (κ3) is 4.38. The lowest BCUT2D eigenvalue weighted by atomic mass is 10.1. The molecule has 0 radical (unpaired) electrons. The van der Waals surface area contributed by atoms with Crippen LogP contribution < -0.4 is 10.0 Å². The smallest absolute Gasteiger partial charge is 0.352 e. The molecule has 0 spiro atoms. The number of hydrogen-bond acceptors (Lipinski definition) is 5. The van der Waals surface area contributed by atoms with E-state index in [0.717, 1.165) is 18.9 Å². The molecule has 0 aliphatic heterocycles. The number of sulfonamides is 1. The number of carbonyl (C=O) groups excluding carboxylic acids is 1. The summed E-state index contributed by atoms with van der Waals surface area (Å²) in [6, 6.07) is 5.44. The number of rotatable bonds is 7. The van der Waals surface area contributed by atoms with Crippen molar-refractivity contribution < 1.29 is 26.4 Å². The third-order valence-corrected chi connectivity index (χ3v) is 5.04. The molecule has 1 heterocycles. The van der Waals surface area contributed by atoms with E-state index in [9.17, 15) is 26.4 Å². The SMILES string of the molecule is O=C(NCCc1nncn1C1CC1)c1ccccc1NS(=O)(=O)C(F)(F)F. The van der Waals surface area contributed by atoms with E-state index >= 15 is 0 Å². The fraction of sp³-hybridized carbons (Fsp3) is 0.400. The van der Waals surface area contributed by atoms with Crippen molar-refractivity contribution in [3.8, 4) is 0 Å². The first-order valence-corrected chi connectivity index (χ1v) is 9.52. The molecule has 0 bridgehead atoms. The van der Waals surface area contributed by atoms with Crippen molar-refractivity contribution in [3.05, 3.63) is 42.0 Å². The normalized spacial score (nSPS) is 14.8. The summed E-state index contributed by atoms with van der Waals surface area (Å²) in [6.45, 7) is 0.171. The maximum absolute atomic E-state index is 12.6. The van der Waals surface area contributed by atoms with Gasteiger partial charge in [-0.15, -0.1) is 10.2 Å². The molecule has 2 aromatic rings. The van der Waals surface area contributed by atoms with E-state index in [1.807, 2.05) is 4.57 Å². The van der Waals surface area contributed by atoms with E-state index in [-0.39, 0.29) is 12.1 Å². The van der Waals surface area contributed by atoms with Gasteiger partial charge in [0.25, 0.3) is 5.91 Å². The highest BCUT2D eigenvalue weighted by molar-refractivity contribution is 7.93. The zero-order valence-electron chi connectivity index (χ0n) is 13.9. The average molecular weight is 403 g/mol. The van der Waals surface area contributed by atoms with E-state index in [0.29, 0.717) is 18.3 Å². The summed E-state index contributed by atoms with van der Waals surface area (Å²) in [5.41, 5.74) is -6.15. The van der Waals surface area contributed by atoms with Gasteiger partial charge in [0.2, 0.25) is 0 Å². The first-order valence-electron chi connectivity index (χ1n) is 8.04. The maximum Gasteiger partial charge on any atom is 0.516 e. The second kappa shape index (κ2) is 7.18. The molecule has 1 saturated carbocycles. The minimum absolute atomic E-state index is 0.171. The molecule has 1 aliphatic carbocycles. The van der Waals surface area contributed by atoms with Crippen LogP contribution in [0.4, 0.5) is 18.9 Å². The van der Waals surface area contributed by atoms with Gasteiger partial charge in [-0.25, -0.2) is 0 Å². The maximum atomic E-state index is 12.6. The molecule has 1 aromatic carbocycles. The van der Waals surface area contributed by atoms with Gasteiger partial charge < -0.3 is 9.88 Å². The standard InChI is InChI=1S/C15H16F3N5O3S/c16-15(17,18)27(25,26)22-12-4-2-1-3-11(12)14(24)19-8-7-13-21-20-9-23(13)10-5-6-10/h1-4,9-10,22H,5-8H2,(H,19,24). The lowest BCUT2D eigenvalue weighted by molar-refractivity contribution is -0.0429. The van der Waals surface area contributed by atoms with Crippen molar-refractivity contribution in [1.82, 2.24) is 20.1 Å². The van der Waals surface area contributed by atoms with Gasteiger partial charge in [0, 0.05) is 19.0 Å². The van der Waals surface area contributed by atoms with Crippen LogP contribution in [0.15, 0.2) is 30.6 Å². The van der Waals surface area contributed by atoms with Gasteiger partial charge in [-0.05, 0) is 25.0 Å². The molecular weight excluding hydrogens is 387 g/mol. The van der Waals surface area contributed by atoms with Crippen molar-refractivity contribution in [1.29, 1.82) is 0 Å². The molecule has 2 N–H and O–H groups in total. The number of nitrogens with zero attached hydrogens (tertiary/aromatic N) is 3. The van der Waals surface area contributed by atoms with E-state index in [1.54, 1.807) is 6.33 Å². The Labute approximate surface area is 152 Å². The molecule has 0 unspecified atom stereocenters. The molecule has 146 valence electrons. The molecule has 27 heavy (non-hydrogen) atoms. The van der Waals surface area contributed by atoms with Crippen LogP contribution in [-0.4, -0.2) is 41.1 Å². The Morgan fingerprint density at radius 3 is 2.63 bits per heavy atom. The van der Waals surface area contributed by atoms with Crippen LogP contribution >= 0.6 is 0 Å². The molecule has 1 aromatic heterocycles. The fourth-order valence-corrected chi connectivity index (χ4v) is 3.04. The van der Waals surface area contributed by atoms with Crippen molar-refractivity contribution in [2.24, 2.45) is 0 Å². The molecule has 8 nitrogen and oxygen atoms in total. The van der Waals surface area contributed by atoms with Crippen LogP contribution in [0.3, 0.4) is 0 Å². The first kappa shape index (κ1) is 19.1. The summed E-state index contributed by atoms with van der Waals surface area (Å²) in [7, 11) is -5.62. The Morgan fingerprint density at radius 2 is 1.96 bits per heavy atom. The number of aromatic nitrogens is 3. The van der Waals surface area contributed by atoms with Crippen LogP contribution in [-0.2, 0) is 16.4 Å². The summed E-state index contributed by atoms with van der Waals surface area (Å²) in [6.07, 6.45) is 4.10. The fourth-order valence-electron chi connectivity index (χ4n) is 2.46. The van der Waals surface area contributed by atoms with Crippen molar-refractivity contribution in [2.75, 3.05) is 11.3 Å². The van der Waals surface area contributed by atoms with Crippen LogP contribution in [0.25, 0.3) is 0 Å². The van der Waals surface area contributed by atoms with Gasteiger partial charge in [-0.3, -0.25) is 9.52 Å². The number of hydrogen-bond donors (Lipinski definition) is 2. The molecule has 1 fully saturated rings. The van der Waals surface area contributed by atoms with Crippen LogP contribution in [0.1, 0.15) is 35.1 Å². The number of anilines is 1. The number of carbonyl (C=O) groups is 1. The number of benzene rings is 1. The lowest BCUT2D eigenvalue weighted by Crippen LogP contribution is -2.32. The number of alkyl halides is 3. The van der Waals surface area contributed by atoms with Gasteiger partial charge in [-0.1, -0.05) is 12.1 Å². The van der Waals surface area contributed by atoms with E-state index < -0.39 is 27.1 Å². The van der Waals surface area contributed by atoms with Crippen LogP contribution in [0, 0.1) is 0 Å². The molecule has 0 atom stereocenters. The number of nitrogens with one attached hydrogen (secondary N) is 2. The Balaban J connectivity index is 1.65. The monoisotopic (exact) mass is 403 g/mol. The molecule has 1 amide bonds. The Kier molecular flexibility index (Phi) is 5.09. The topological polar surface area (TPSA) is 106 Å². The van der Waals surface area contributed by atoms with Gasteiger partial charge in [-0.2, -0.15) is 21.6 Å². The predicted octanol–water partition coefficient (Wildman–Crippen LogP) is 1.85. The second-order valence-corrected chi connectivity index (χ2v) is 7.66. The number of halogens is 3. The van der Waals surface area contributed by atoms with E-state index in [2.05, 4.69) is 15.5 Å². The molecule has 1 aliphatic rings. The van der Waals surface area contributed by atoms with Crippen LogP contribution in [0.2, 0.25) is 0 Å². The summed E-state index contributed by atoms with van der Waals surface area (Å²) in [4.78, 5) is 12.3. The third-order valence-electron chi connectivity index (χ3n) is 3.94. The molecular formula is C15H16F3N5O3S. The number of amides is 1. The van der Waals surface area contributed by atoms with Gasteiger partial charge in [0.05, 0.1) is 11.3 Å². The highest BCUT2D eigenvalue weighted by Gasteiger charge is 2.46. The Bertz CT molecular complexity index is 938. The van der Waals surface area contributed by atoms with E-state index in [4.69, 9.17) is 0 Å². The quantitative estimate of drug-likeness (QED) is 0.734. The zero-order valence-corrected chi connectivity index (χ0v) is 14.7. The minimum Gasteiger partial charge on any atom is -0.352 e. The largest absolute Gasteiger partial charge is 0.516 e. The van der Waals surface area contributed by atoms with Crippen molar-refractivity contribution in [3.63, 3.8) is 0 Å². The summed E-state index contributed by atoms with van der Waals surface area (Å²) >= 11 is 0. The van der Waals surface area contributed by atoms with Gasteiger partial charge >= 0.3 is 15.5 Å². The molecule has 0 saturated heterocycles. The summed E-state index contributed by atoms with van der Waals surface area (Å²) in [5, 5.41) is 10.4. The van der Waals surface area contributed by atoms with Gasteiger partial charge in [0.15, 0.2) is 0 Å². The van der Waals surface area contributed by atoms with Gasteiger partial charge in [0.1, 0.15) is 12.2 Å². The minimum atomic E-state index is -5.62. The lowest BCUT2D eigenvalue weighted by Gasteiger charge is -2.14. The number of para-hydroxylation sites is 1. The molecule has 12 heteroatoms. The highest BCUT2D eigenvalue weighted by Crippen LogP contribution is 2.35. The first-order chi connectivity index (χ1) is 12.7. The van der Waals surface area contributed by atoms with E-state index in [1.165, 1.54) is 22.9 Å². The average Bonchev–Trinajstić information content (AvgIpc) is 3.33. The van der Waals surface area contributed by atoms with Crippen molar-refractivity contribution >= 4 is 21.6 Å². The second-order valence-electron chi connectivity index (χ2n) is 5.99. The Morgan fingerprint density at radius 1 is 1.26 bits per heavy atom. The molecule has 3 rings (SSSR count). The highest BCUT2D eigenvalue weighted by atomic mass is 32.2. The van der Waals surface area contributed by atoms with Crippen LogP contribution in [0.5, 0.6) is 0 Å². The summed E-state index contributed by atoms with van der Waals surface area (Å²) in [5.74, 6) is -0.00294.